The summed E-state index contributed by atoms with van der Waals surface area (Å²) in [6.07, 6.45) is 8.11. The van der Waals surface area contributed by atoms with E-state index in [2.05, 4.69) is 22.0 Å². The number of benzene rings is 2. The number of hydrogen-bond donors (Lipinski definition) is 1. The molecule has 0 aliphatic carbocycles. The van der Waals surface area contributed by atoms with Gasteiger partial charge >= 0.3 is 0 Å². The standard InChI is InChI=1S/C24H23FN2O2/c1-28-19-3-5-20-17(15-29-24(20)13-19)8-11-27-9-6-16(7-10-27)22-14-26-23-12-18(25)2-4-21(22)23/h2-6,12-15,26H,7-11H2,1H3. The third-order valence-electron chi connectivity index (χ3n) is 5.84. The van der Waals surface area contributed by atoms with Crippen LogP contribution in [0.3, 0.4) is 0 Å². The summed E-state index contributed by atoms with van der Waals surface area (Å²) in [5.74, 6) is 0.604. The summed E-state index contributed by atoms with van der Waals surface area (Å²) in [5, 5.41) is 2.25. The molecule has 1 N–H and O–H groups in total. The van der Waals surface area contributed by atoms with E-state index in [0.29, 0.717) is 0 Å². The molecule has 4 nitrogen and oxygen atoms in total. The lowest BCUT2D eigenvalue weighted by Crippen LogP contribution is -2.30. The molecular weight excluding hydrogens is 367 g/mol. The van der Waals surface area contributed by atoms with E-state index in [4.69, 9.17) is 9.15 Å². The summed E-state index contributed by atoms with van der Waals surface area (Å²) >= 11 is 0. The van der Waals surface area contributed by atoms with Gasteiger partial charge in [0.1, 0.15) is 17.1 Å². The van der Waals surface area contributed by atoms with Crippen LogP contribution >= 0.6 is 0 Å². The average Bonchev–Trinajstić information content (AvgIpc) is 3.35. The molecular formula is C24H23FN2O2. The Morgan fingerprint density at radius 1 is 1.17 bits per heavy atom. The molecule has 2 aromatic heterocycles. The number of nitrogens with zero attached hydrogens (tertiary/aromatic N) is 1. The van der Waals surface area contributed by atoms with Crippen molar-refractivity contribution in [3.63, 3.8) is 0 Å². The van der Waals surface area contributed by atoms with Gasteiger partial charge in [0.15, 0.2) is 0 Å². The third-order valence-corrected chi connectivity index (χ3v) is 5.84. The maximum absolute atomic E-state index is 13.4. The van der Waals surface area contributed by atoms with E-state index < -0.39 is 0 Å². The molecule has 0 saturated carbocycles. The van der Waals surface area contributed by atoms with Crippen LogP contribution in [0.2, 0.25) is 0 Å². The SMILES string of the molecule is COc1ccc2c(CCN3CC=C(c4c[nH]c5cc(F)ccc45)CC3)coc2c1. The van der Waals surface area contributed by atoms with Crippen LogP contribution in [0.25, 0.3) is 27.4 Å². The highest BCUT2D eigenvalue weighted by Crippen LogP contribution is 2.30. The highest BCUT2D eigenvalue weighted by molar-refractivity contribution is 5.92. The zero-order chi connectivity index (χ0) is 19.8. The first kappa shape index (κ1) is 18.0. The van der Waals surface area contributed by atoms with E-state index in [1.54, 1.807) is 13.2 Å². The minimum Gasteiger partial charge on any atom is -0.497 e. The van der Waals surface area contributed by atoms with Crippen LogP contribution in [0, 0.1) is 5.82 Å². The molecule has 4 aromatic rings. The van der Waals surface area contributed by atoms with Crippen molar-refractivity contribution < 1.29 is 13.5 Å². The van der Waals surface area contributed by atoms with Crippen LogP contribution in [0.4, 0.5) is 4.39 Å². The maximum atomic E-state index is 13.4. The fourth-order valence-electron chi connectivity index (χ4n) is 4.19. The molecule has 3 heterocycles. The number of furan rings is 1. The Morgan fingerprint density at radius 2 is 2.07 bits per heavy atom. The van der Waals surface area contributed by atoms with Gasteiger partial charge in [-0.25, -0.2) is 4.39 Å². The molecule has 0 spiro atoms. The van der Waals surface area contributed by atoms with Crippen LogP contribution in [-0.2, 0) is 6.42 Å². The highest BCUT2D eigenvalue weighted by Gasteiger charge is 2.16. The van der Waals surface area contributed by atoms with Gasteiger partial charge in [0.05, 0.1) is 13.4 Å². The first-order valence-electron chi connectivity index (χ1n) is 9.94. The van der Waals surface area contributed by atoms with Crippen LogP contribution in [0.5, 0.6) is 5.75 Å². The average molecular weight is 390 g/mol. The van der Waals surface area contributed by atoms with Gasteiger partial charge in [0, 0.05) is 53.8 Å². The molecule has 5 rings (SSSR count). The number of ether oxygens (including phenoxy) is 1. The molecule has 0 fully saturated rings. The second-order valence-electron chi connectivity index (χ2n) is 7.55. The van der Waals surface area contributed by atoms with E-state index in [1.165, 1.54) is 22.8 Å². The molecule has 0 unspecified atom stereocenters. The van der Waals surface area contributed by atoms with Crippen molar-refractivity contribution in [2.24, 2.45) is 0 Å². The molecule has 2 aromatic carbocycles. The molecule has 5 heteroatoms. The molecule has 148 valence electrons. The number of hydrogen-bond acceptors (Lipinski definition) is 3. The summed E-state index contributed by atoms with van der Waals surface area (Å²) in [7, 11) is 1.66. The Morgan fingerprint density at radius 3 is 2.90 bits per heavy atom. The Labute approximate surface area is 168 Å². The van der Waals surface area contributed by atoms with Gasteiger partial charge in [-0.2, -0.15) is 0 Å². The number of aromatic nitrogens is 1. The van der Waals surface area contributed by atoms with Crippen LogP contribution in [-0.4, -0.2) is 36.6 Å². The maximum Gasteiger partial charge on any atom is 0.137 e. The van der Waals surface area contributed by atoms with Gasteiger partial charge < -0.3 is 14.1 Å². The Kier molecular flexibility index (Phi) is 4.60. The van der Waals surface area contributed by atoms with Crippen molar-refractivity contribution >= 4 is 27.4 Å². The van der Waals surface area contributed by atoms with Crippen molar-refractivity contribution in [3.05, 3.63) is 71.9 Å². The molecule has 0 radical (unpaired) electrons. The summed E-state index contributed by atoms with van der Waals surface area (Å²) in [4.78, 5) is 5.65. The predicted octanol–water partition coefficient (Wildman–Crippen LogP) is 5.39. The zero-order valence-corrected chi connectivity index (χ0v) is 16.4. The number of methoxy groups -OCH3 is 1. The summed E-state index contributed by atoms with van der Waals surface area (Å²) in [6.45, 7) is 2.93. The quantitative estimate of drug-likeness (QED) is 0.496. The fraction of sp³-hybridized carbons (Fsp3) is 0.250. The minimum absolute atomic E-state index is 0.208. The molecule has 0 saturated heterocycles. The van der Waals surface area contributed by atoms with E-state index in [0.717, 1.165) is 60.1 Å². The van der Waals surface area contributed by atoms with Gasteiger partial charge in [-0.3, -0.25) is 4.90 Å². The first-order valence-corrected chi connectivity index (χ1v) is 9.94. The first-order chi connectivity index (χ1) is 14.2. The number of aromatic amines is 1. The van der Waals surface area contributed by atoms with Crippen molar-refractivity contribution in [2.45, 2.75) is 12.8 Å². The van der Waals surface area contributed by atoms with Gasteiger partial charge in [-0.05, 0) is 54.3 Å². The van der Waals surface area contributed by atoms with Crippen molar-refractivity contribution in [3.8, 4) is 5.75 Å². The molecule has 1 aliphatic heterocycles. The van der Waals surface area contributed by atoms with Crippen molar-refractivity contribution in [1.82, 2.24) is 9.88 Å². The second-order valence-corrected chi connectivity index (χ2v) is 7.55. The number of rotatable bonds is 5. The van der Waals surface area contributed by atoms with E-state index in [-0.39, 0.29) is 5.82 Å². The summed E-state index contributed by atoms with van der Waals surface area (Å²) in [5.41, 5.74) is 5.48. The molecule has 0 amide bonds. The fourth-order valence-corrected chi connectivity index (χ4v) is 4.19. The van der Waals surface area contributed by atoms with Gasteiger partial charge in [0.2, 0.25) is 0 Å². The van der Waals surface area contributed by atoms with E-state index in [1.807, 2.05) is 30.7 Å². The second kappa shape index (κ2) is 7.41. The third kappa shape index (κ3) is 3.42. The van der Waals surface area contributed by atoms with Gasteiger partial charge in [-0.15, -0.1) is 0 Å². The molecule has 0 atom stereocenters. The molecule has 1 aliphatic rings. The Balaban J connectivity index is 1.26. The van der Waals surface area contributed by atoms with Gasteiger partial charge in [0.25, 0.3) is 0 Å². The topological polar surface area (TPSA) is 41.4 Å². The number of nitrogens with one attached hydrogen (secondary N) is 1. The molecule has 0 bridgehead atoms. The van der Waals surface area contributed by atoms with Crippen LogP contribution < -0.4 is 4.74 Å². The van der Waals surface area contributed by atoms with Crippen LogP contribution in [0.1, 0.15) is 17.5 Å². The number of halogens is 1. The zero-order valence-electron chi connectivity index (χ0n) is 16.4. The smallest absolute Gasteiger partial charge is 0.137 e. The lowest BCUT2D eigenvalue weighted by Gasteiger charge is -2.26. The number of H-pyrrole nitrogens is 1. The van der Waals surface area contributed by atoms with Crippen LogP contribution in [0.15, 0.2) is 59.4 Å². The normalized spacial score (nSPS) is 15.2. The lowest BCUT2D eigenvalue weighted by atomic mass is 9.98. The molecule has 29 heavy (non-hydrogen) atoms. The Hall–Kier alpha value is -3.05. The number of fused-ring (bicyclic) bond motifs is 2. The van der Waals surface area contributed by atoms with E-state index in [9.17, 15) is 4.39 Å². The minimum atomic E-state index is -0.208. The van der Waals surface area contributed by atoms with Crippen molar-refractivity contribution in [1.29, 1.82) is 0 Å². The summed E-state index contributed by atoms with van der Waals surface area (Å²) < 4.78 is 24.4. The van der Waals surface area contributed by atoms with Gasteiger partial charge in [-0.1, -0.05) is 6.08 Å². The lowest BCUT2D eigenvalue weighted by molar-refractivity contribution is 0.306. The highest BCUT2D eigenvalue weighted by atomic mass is 19.1. The van der Waals surface area contributed by atoms with E-state index >= 15 is 0 Å². The summed E-state index contributed by atoms with van der Waals surface area (Å²) in [6, 6.07) is 10.9. The van der Waals surface area contributed by atoms with Crippen molar-refractivity contribution in [2.75, 3.05) is 26.7 Å². The monoisotopic (exact) mass is 390 g/mol. The largest absolute Gasteiger partial charge is 0.497 e. The predicted molar refractivity (Wildman–Crippen MR) is 114 cm³/mol. The Bertz CT molecular complexity index is 1200.